The molecule has 2 aromatic rings. The monoisotopic (exact) mass is 278 g/mol. The maximum atomic E-state index is 5.77. The molecule has 0 atom stereocenters. The second-order valence-electron chi connectivity index (χ2n) is 6.82. The van der Waals surface area contributed by atoms with Gasteiger partial charge in [0.1, 0.15) is 10.6 Å². The topological polar surface area (TPSA) is 63.8 Å². The third kappa shape index (κ3) is 3.56. The Bertz CT molecular complexity index is 581. The fraction of sp³-hybridized carbons (Fsp3) is 0.571. The standard InChI is InChI=1S/C14H22N4S/c1-13(2,3)8-14(4,5)18-10-9-6-7-19-11(9)17-12(15)16-10/h6-7H,8H2,1-5H3,(H3,15,16,17,18). The molecule has 104 valence electrons. The van der Waals surface area contributed by atoms with Gasteiger partial charge in [-0.1, -0.05) is 20.8 Å². The number of thiophene rings is 1. The fourth-order valence-electron chi connectivity index (χ4n) is 2.66. The van der Waals surface area contributed by atoms with Crippen LogP contribution in [0, 0.1) is 5.41 Å². The third-order valence-electron chi connectivity index (χ3n) is 2.77. The number of nitrogens with two attached hydrogens (primary N) is 1. The lowest BCUT2D eigenvalue weighted by molar-refractivity contribution is 0.302. The van der Waals surface area contributed by atoms with Crippen molar-refractivity contribution in [1.29, 1.82) is 0 Å². The molecule has 2 aromatic heterocycles. The molecule has 0 radical (unpaired) electrons. The molecule has 0 saturated carbocycles. The summed E-state index contributed by atoms with van der Waals surface area (Å²) < 4.78 is 0. The van der Waals surface area contributed by atoms with Gasteiger partial charge in [-0.15, -0.1) is 11.3 Å². The first-order valence-corrected chi connectivity index (χ1v) is 7.33. The molecule has 4 nitrogen and oxygen atoms in total. The first-order chi connectivity index (χ1) is 8.66. The molecule has 0 aliphatic carbocycles. The van der Waals surface area contributed by atoms with E-state index in [0.29, 0.717) is 5.95 Å². The highest BCUT2D eigenvalue weighted by Gasteiger charge is 2.26. The van der Waals surface area contributed by atoms with E-state index >= 15 is 0 Å². The van der Waals surface area contributed by atoms with E-state index < -0.39 is 0 Å². The van der Waals surface area contributed by atoms with Gasteiger partial charge in [-0.3, -0.25) is 0 Å². The van der Waals surface area contributed by atoms with Gasteiger partial charge in [-0.05, 0) is 37.1 Å². The van der Waals surface area contributed by atoms with E-state index in [4.69, 9.17) is 5.73 Å². The molecule has 0 unspecified atom stereocenters. The molecule has 3 N–H and O–H groups in total. The van der Waals surface area contributed by atoms with E-state index in [9.17, 15) is 0 Å². The van der Waals surface area contributed by atoms with Gasteiger partial charge in [0.25, 0.3) is 0 Å². The lowest BCUT2D eigenvalue weighted by Crippen LogP contribution is -2.35. The maximum Gasteiger partial charge on any atom is 0.223 e. The summed E-state index contributed by atoms with van der Waals surface area (Å²) in [6.07, 6.45) is 1.04. The van der Waals surface area contributed by atoms with Gasteiger partial charge in [0.2, 0.25) is 5.95 Å². The number of nitrogens with zero attached hydrogens (tertiary/aromatic N) is 2. The molecule has 0 aromatic carbocycles. The first kappa shape index (κ1) is 14.1. The normalized spacial score (nSPS) is 12.9. The largest absolute Gasteiger partial charge is 0.368 e. The van der Waals surface area contributed by atoms with Crippen LogP contribution in [-0.4, -0.2) is 15.5 Å². The van der Waals surface area contributed by atoms with Crippen LogP contribution < -0.4 is 11.1 Å². The lowest BCUT2D eigenvalue weighted by atomic mass is 9.82. The van der Waals surface area contributed by atoms with Crippen LogP contribution in [0.25, 0.3) is 10.2 Å². The van der Waals surface area contributed by atoms with Crippen molar-refractivity contribution in [1.82, 2.24) is 9.97 Å². The molecule has 0 spiro atoms. The van der Waals surface area contributed by atoms with Gasteiger partial charge in [0.15, 0.2) is 0 Å². The number of hydrogen-bond donors (Lipinski definition) is 2. The third-order valence-corrected chi connectivity index (χ3v) is 3.58. The van der Waals surface area contributed by atoms with Crippen molar-refractivity contribution < 1.29 is 0 Å². The summed E-state index contributed by atoms with van der Waals surface area (Å²) in [5.41, 5.74) is 5.98. The van der Waals surface area contributed by atoms with Gasteiger partial charge in [-0.25, -0.2) is 4.98 Å². The number of nitrogens with one attached hydrogen (secondary N) is 1. The highest BCUT2D eigenvalue weighted by atomic mass is 32.1. The average molecular weight is 278 g/mol. The average Bonchev–Trinajstić information content (AvgIpc) is 2.59. The fourth-order valence-corrected chi connectivity index (χ4v) is 3.43. The van der Waals surface area contributed by atoms with Gasteiger partial charge in [0, 0.05) is 5.54 Å². The molecule has 5 heteroatoms. The van der Waals surface area contributed by atoms with Crippen molar-refractivity contribution in [3.05, 3.63) is 11.4 Å². The Kier molecular flexibility index (Phi) is 3.43. The summed E-state index contributed by atoms with van der Waals surface area (Å²) in [6.45, 7) is 11.1. The van der Waals surface area contributed by atoms with Crippen molar-refractivity contribution in [2.75, 3.05) is 11.1 Å². The quantitative estimate of drug-likeness (QED) is 0.893. The summed E-state index contributed by atoms with van der Waals surface area (Å²) in [5.74, 6) is 1.15. The molecule has 0 aliphatic heterocycles. The van der Waals surface area contributed by atoms with E-state index in [1.807, 2.05) is 11.4 Å². The zero-order chi connectivity index (χ0) is 14.3. The number of aromatic nitrogens is 2. The predicted octanol–water partition coefficient (Wildman–Crippen LogP) is 3.90. The number of hydrogen-bond acceptors (Lipinski definition) is 5. The Morgan fingerprint density at radius 3 is 2.53 bits per heavy atom. The van der Waals surface area contributed by atoms with Crippen LogP contribution in [0.2, 0.25) is 0 Å². The van der Waals surface area contributed by atoms with E-state index in [-0.39, 0.29) is 11.0 Å². The Hall–Kier alpha value is -1.36. The molecule has 0 saturated heterocycles. The Morgan fingerprint density at radius 2 is 1.89 bits per heavy atom. The first-order valence-electron chi connectivity index (χ1n) is 6.45. The highest BCUT2D eigenvalue weighted by molar-refractivity contribution is 7.16. The van der Waals surface area contributed by atoms with Gasteiger partial charge < -0.3 is 11.1 Å². The van der Waals surface area contributed by atoms with E-state index in [0.717, 1.165) is 22.5 Å². The van der Waals surface area contributed by atoms with Crippen molar-refractivity contribution in [2.24, 2.45) is 5.41 Å². The molecule has 2 heterocycles. The van der Waals surface area contributed by atoms with Crippen LogP contribution in [0.3, 0.4) is 0 Å². The van der Waals surface area contributed by atoms with E-state index in [1.165, 1.54) is 0 Å². The number of fused-ring (bicyclic) bond motifs is 1. The van der Waals surface area contributed by atoms with Crippen molar-refractivity contribution >= 4 is 33.3 Å². The molecule has 0 bridgehead atoms. The maximum absolute atomic E-state index is 5.77. The molecule has 0 aliphatic rings. The minimum Gasteiger partial charge on any atom is -0.368 e. The SMILES string of the molecule is CC(C)(C)CC(C)(C)Nc1nc(N)nc2sccc12. The second kappa shape index (κ2) is 4.63. The summed E-state index contributed by atoms with van der Waals surface area (Å²) in [7, 11) is 0. The van der Waals surface area contributed by atoms with Crippen LogP contribution >= 0.6 is 11.3 Å². The van der Waals surface area contributed by atoms with Gasteiger partial charge in [0.05, 0.1) is 5.39 Å². The molecule has 19 heavy (non-hydrogen) atoms. The highest BCUT2D eigenvalue weighted by Crippen LogP contribution is 2.32. The zero-order valence-corrected chi connectivity index (χ0v) is 13.1. The van der Waals surface area contributed by atoms with Gasteiger partial charge >= 0.3 is 0 Å². The summed E-state index contributed by atoms with van der Waals surface area (Å²) >= 11 is 1.58. The second-order valence-corrected chi connectivity index (χ2v) is 7.71. The molecular weight excluding hydrogens is 256 g/mol. The number of rotatable bonds is 3. The Balaban J connectivity index is 2.32. The summed E-state index contributed by atoms with van der Waals surface area (Å²) in [5, 5.41) is 6.58. The van der Waals surface area contributed by atoms with Crippen LogP contribution in [0.15, 0.2) is 11.4 Å². The van der Waals surface area contributed by atoms with Crippen molar-refractivity contribution in [3.63, 3.8) is 0 Å². The van der Waals surface area contributed by atoms with Crippen molar-refractivity contribution in [3.8, 4) is 0 Å². The van der Waals surface area contributed by atoms with Crippen LogP contribution in [0.1, 0.15) is 41.0 Å². The van der Waals surface area contributed by atoms with E-state index in [1.54, 1.807) is 11.3 Å². The van der Waals surface area contributed by atoms with Crippen LogP contribution in [-0.2, 0) is 0 Å². The minimum atomic E-state index is -0.0477. The molecule has 2 rings (SSSR count). The van der Waals surface area contributed by atoms with Crippen molar-refractivity contribution in [2.45, 2.75) is 46.6 Å². The summed E-state index contributed by atoms with van der Waals surface area (Å²) in [6, 6.07) is 2.04. The molecular formula is C14H22N4S. The predicted molar refractivity (Wildman–Crippen MR) is 83.6 cm³/mol. The zero-order valence-electron chi connectivity index (χ0n) is 12.2. The van der Waals surface area contributed by atoms with E-state index in [2.05, 4.69) is 49.9 Å². The Morgan fingerprint density at radius 1 is 1.21 bits per heavy atom. The minimum absolute atomic E-state index is 0.0477. The smallest absolute Gasteiger partial charge is 0.223 e. The molecule has 0 amide bonds. The molecule has 0 fully saturated rings. The lowest BCUT2D eigenvalue weighted by Gasteiger charge is -2.34. The van der Waals surface area contributed by atoms with Crippen LogP contribution in [0.4, 0.5) is 11.8 Å². The number of nitrogen functional groups attached to an aromatic ring is 1. The number of anilines is 2. The summed E-state index contributed by atoms with van der Waals surface area (Å²) in [4.78, 5) is 9.53. The van der Waals surface area contributed by atoms with Crippen LogP contribution in [0.5, 0.6) is 0 Å². The van der Waals surface area contributed by atoms with Gasteiger partial charge in [-0.2, -0.15) is 4.98 Å². The Labute approximate surface area is 118 Å².